The van der Waals surface area contributed by atoms with Gasteiger partial charge in [-0.3, -0.25) is 10.1 Å². The predicted octanol–water partition coefficient (Wildman–Crippen LogP) is 3.05. The second-order valence-electron chi connectivity index (χ2n) is 7.81. The normalized spacial score (nSPS) is 12.3. The molecular weight excluding hydrogens is 348 g/mol. The molecule has 0 radical (unpaired) electrons. The van der Waals surface area contributed by atoms with E-state index in [-0.39, 0.29) is 12.5 Å². The fraction of sp³-hybridized carbons (Fsp3) is 0.550. The molecule has 1 atom stereocenters. The first-order valence-corrected chi connectivity index (χ1v) is 8.95. The van der Waals surface area contributed by atoms with E-state index in [1.165, 1.54) is 6.92 Å². The van der Waals surface area contributed by atoms with E-state index in [1.54, 1.807) is 20.8 Å². The first-order valence-electron chi connectivity index (χ1n) is 8.95. The number of ether oxygens (including phenoxy) is 2. The van der Waals surface area contributed by atoms with Crippen molar-refractivity contribution >= 4 is 17.9 Å². The van der Waals surface area contributed by atoms with Gasteiger partial charge in [0.1, 0.15) is 5.75 Å². The number of amides is 3. The van der Waals surface area contributed by atoms with E-state index < -0.39 is 29.6 Å². The molecule has 0 aliphatic rings. The topological polar surface area (TPSA) is 93.7 Å². The van der Waals surface area contributed by atoms with Crippen molar-refractivity contribution in [3.8, 4) is 5.75 Å². The molecule has 0 aliphatic heterocycles. The summed E-state index contributed by atoms with van der Waals surface area (Å²) >= 11 is 0. The van der Waals surface area contributed by atoms with Crippen LogP contribution in [0.1, 0.15) is 58.6 Å². The van der Waals surface area contributed by atoms with Crippen LogP contribution in [0.5, 0.6) is 5.75 Å². The SMILES string of the molecule is Cc1ccc(C(C)C)c(OCC(=O)OC(C)C(=O)NC(=O)NC(C)(C)C)c1. The average Bonchev–Trinajstić information content (AvgIpc) is 2.50. The van der Waals surface area contributed by atoms with Gasteiger partial charge >= 0.3 is 12.0 Å². The van der Waals surface area contributed by atoms with Crippen molar-refractivity contribution in [2.45, 2.75) is 66.0 Å². The van der Waals surface area contributed by atoms with Crippen molar-refractivity contribution in [2.75, 3.05) is 6.61 Å². The number of benzene rings is 1. The number of imide groups is 1. The molecule has 0 fully saturated rings. The van der Waals surface area contributed by atoms with Crippen LogP contribution >= 0.6 is 0 Å². The summed E-state index contributed by atoms with van der Waals surface area (Å²) in [6, 6.07) is 5.16. The van der Waals surface area contributed by atoms with Crippen LogP contribution in [-0.2, 0) is 14.3 Å². The molecule has 0 saturated heterocycles. The maximum atomic E-state index is 12.0. The van der Waals surface area contributed by atoms with Crippen molar-refractivity contribution in [3.63, 3.8) is 0 Å². The maximum Gasteiger partial charge on any atom is 0.344 e. The molecule has 0 aromatic heterocycles. The zero-order valence-electron chi connectivity index (χ0n) is 17.1. The van der Waals surface area contributed by atoms with Crippen molar-refractivity contribution in [3.05, 3.63) is 29.3 Å². The summed E-state index contributed by atoms with van der Waals surface area (Å²) in [5.41, 5.74) is 1.51. The van der Waals surface area contributed by atoms with Crippen LogP contribution < -0.4 is 15.4 Å². The zero-order chi connectivity index (χ0) is 20.8. The lowest BCUT2D eigenvalue weighted by atomic mass is 10.0. The van der Waals surface area contributed by atoms with Crippen molar-refractivity contribution in [1.82, 2.24) is 10.6 Å². The molecule has 7 nitrogen and oxygen atoms in total. The monoisotopic (exact) mass is 378 g/mol. The summed E-state index contributed by atoms with van der Waals surface area (Å²) in [4.78, 5) is 35.6. The number of aryl methyl sites for hydroxylation is 1. The highest BCUT2D eigenvalue weighted by Gasteiger charge is 2.22. The Bertz CT molecular complexity index is 692. The molecule has 0 heterocycles. The number of hydrogen-bond acceptors (Lipinski definition) is 5. The van der Waals surface area contributed by atoms with Gasteiger partial charge in [-0.1, -0.05) is 26.0 Å². The first-order chi connectivity index (χ1) is 12.4. The minimum atomic E-state index is -1.12. The van der Waals surface area contributed by atoms with E-state index in [1.807, 2.05) is 39.0 Å². The quantitative estimate of drug-likeness (QED) is 0.742. The van der Waals surface area contributed by atoms with E-state index in [0.717, 1.165) is 11.1 Å². The predicted molar refractivity (Wildman–Crippen MR) is 103 cm³/mol. The van der Waals surface area contributed by atoms with Crippen LogP contribution in [0.4, 0.5) is 4.79 Å². The Balaban J connectivity index is 2.56. The summed E-state index contributed by atoms with van der Waals surface area (Å²) in [6.07, 6.45) is -1.12. The first kappa shape index (κ1) is 22.5. The molecule has 150 valence electrons. The van der Waals surface area contributed by atoms with Gasteiger partial charge in [-0.15, -0.1) is 0 Å². The second-order valence-corrected chi connectivity index (χ2v) is 7.81. The molecule has 0 saturated carbocycles. The van der Waals surface area contributed by atoms with Crippen LogP contribution in [0.15, 0.2) is 18.2 Å². The molecule has 0 aliphatic carbocycles. The Labute approximate surface area is 160 Å². The van der Waals surface area contributed by atoms with Gasteiger partial charge in [-0.25, -0.2) is 9.59 Å². The number of carbonyl (C=O) groups is 3. The van der Waals surface area contributed by atoms with Gasteiger partial charge in [0, 0.05) is 5.54 Å². The molecule has 3 amide bonds. The van der Waals surface area contributed by atoms with Crippen LogP contribution in [-0.4, -0.2) is 36.2 Å². The molecule has 1 rings (SSSR count). The third kappa shape index (κ3) is 8.11. The lowest BCUT2D eigenvalue weighted by Crippen LogP contribution is -2.50. The van der Waals surface area contributed by atoms with Gasteiger partial charge < -0.3 is 14.8 Å². The summed E-state index contributed by atoms with van der Waals surface area (Å²) in [5.74, 6) is -0.542. The van der Waals surface area contributed by atoms with Crippen molar-refractivity contribution in [2.24, 2.45) is 0 Å². The number of esters is 1. The zero-order valence-corrected chi connectivity index (χ0v) is 17.1. The molecule has 7 heteroatoms. The van der Waals surface area contributed by atoms with Crippen LogP contribution in [0.25, 0.3) is 0 Å². The molecule has 0 spiro atoms. The highest BCUT2D eigenvalue weighted by molar-refractivity contribution is 5.97. The van der Waals surface area contributed by atoms with Crippen LogP contribution in [0, 0.1) is 6.92 Å². The Morgan fingerprint density at radius 1 is 1.11 bits per heavy atom. The molecule has 1 aromatic carbocycles. The van der Waals surface area contributed by atoms with E-state index in [9.17, 15) is 14.4 Å². The van der Waals surface area contributed by atoms with Crippen LogP contribution in [0.2, 0.25) is 0 Å². The highest BCUT2D eigenvalue weighted by atomic mass is 16.6. The lowest BCUT2D eigenvalue weighted by molar-refractivity contribution is -0.156. The van der Waals surface area contributed by atoms with E-state index >= 15 is 0 Å². The molecule has 0 bridgehead atoms. The van der Waals surface area contributed by atoms with Crippen molar-refractivity contribution in [1.29, 1.82) is 0 Å². The van der Waals surface area contributed by atoms with Gasteiger partial charge in [-0.2, -0.15) is 0 Å². The number of hydrogen-bond donors (Lipinski definition) is 2. The lowest BCUT2D eigenvalue weighted by Gasteiger charge is -2.21. The molecule has 1 unspecified atom stereocenters. The minimum absolute atomic E-state index is 0.239. The number of nitrogens with one attached hydrogen (secondary N) is 2. The van der Waals surface area contributed by atoms with E-state index in [0.29, 0.717) is 5.75 Å². The summed E-state index contributed by atoms with van der Waals surface area (Å²) < 4.78 is 10.6. The van der Waals surface area contributed by atoms with Gasteiger partial charge in [-0.05, 0) is 57.7 Å². The van der Waals surface area contributed by atoms with Gasteiger partial charge in [0.2, 0.25) is 0 Å². The Morgan fingerprint density at radius 3 is 2.30 bits per heavy atom. The fourth-order valence-corrected chi connectivity index (χ4v) is 2.25. The Kier molecular flexibility index (Phi) is 7.82. The van der Waals surface area contributed by atoms with E-state index in [4.69, 9.17) is 9.47 Å². The average molecular weight is 378 g/mol. The second kappa shape index (κ2) is 9.39. The molecule has 2 N–H and O–H groups in total. The Morgan fingerprint density at radius 2 is 1.74 bits per heavy atom. The Hall–Kier alpha value is -2.57. The van der Waals surface area contributed by atoms with Gasteiger partial charge in [0.25, 0.3) is 5.91 Å². The molecular formula is C20H30N2O5. The summed E-state index contributed by atoms with van der Waals surface area (Å²) in [5, 5.41) is 4.73. The summed E-state index contributed by atoms with van der Waals surface area (Å²) in [6.45, 7) is 12.4. The highest BCUT2D eigenvalue weighted by Crippen LogP contribution is 2.27. The van der Waals surface area contributed by atoms with E-state index in [2.05, 4.69) is 10.6 Å². The standard InChI is InChI=1S/C20H30N2O5/c1-12(2)15-9-8-13(3)10-16(15)26-11-17(23)27-14(4)18(24)21-19(25)22-20(5,6)7/h8-10,12,14H,11H2,1-7H3,(H2,21,22,24,25). The number of carbonyl (C=O) groups excluding carboxylic acids is 3. The van der Waals surface area contributed by atoms with Gasteiger partial charge in [0.05, 0.1) is 0 Å². The fourth-order valence-electron chi connectivity index (χ4n) is 2.25. The van der Waals surface area contributed by atoms with Crippen molar-refractivity contribution < 1.29 is 23.9 Å². The number of rotatable bonds is 6. The third-order valence-corrected chi connectivity index (χ3v) is 3.54. The third-order valence-electron chi connectivity index (χ3n) is 3.54. The molecule has 1 aromatic rings. The smallest absolute Gasteiger partial charge is 0.344 e. The van der Waals surface area contributed by atoms with Gasteiger partial charge in [0.15, 0.2) is 12.7 Å². The number of urea groups is 1. The maximum absolute atomic E-state index is 12.0. The largest absolute Gasteiger partial charge is 0.482 e. The summed E-state index contributed by atoms with van der Waals surface area (Å²) in [7, 11) is 0. The minimum Gasteiger partial charge on any atom is -0.482 e. The van der Waals surface area contributed by atoms with Crippen LogP contribution in [0.3, 0.4) is 0 Å². The molecule has 27 heavy (non-hydrogen) atoms.